The van der Waals surface area contributed by atoms with Gasteiger partial charge in [-0.3, -0.25) is 0 Å². The Labute approximate surface area is 74.7 Å². The first kappa shape index (κ1) is 8.52. The molecule has 0 amide bonds. The van der Waals surface area contributed by atoms with Gasteiger partial charge in [0.1, 0.15) is 0 Å². The van der Waals surface area contributed by atoms with Gasteiger partial charge in [0, 0.05) is 19.7 Å². The molecule has 0 aliphatic carbocycles. The van der Waals surface area contributed by atoms with Gasteiger partial charge in [-0.2, -0.15) is 0 Å². The first-order chi connectivity index (χ1) is 5.85. The van der Waals surface area contributed by atoms with E-state index in [1.54, 1.807) is 0 Å². The lowest BCUT2D eigenvalue weighted by Crippen LogP contribution is -2.54. The number of hydrogen-bond donors (Lipinski definition) is 1. The molecule has 12 heavy (non-hydrogen) atoms. The van der Waals surface area contributed by atoms with Crippen molar-refractivity contribution in [3.63, 3.8) is 0 Å². The Bertz CT molecular complexity index is 142. The van der Waals surface area contributed by atoms with Gasteiger partial charge in [0.15, 0.2) is 0 Å². The summed E-state index contributed by atoms with van der Waals surface area (Å²) in [5.41, 5.74) is 0.592. The van der Waals surface area contributed by atoms with Gasteiger partial charge in [0.2, 0.25) is 0 Å². The maximum Gasteiger partial charge on any atom is 0.0582 e. The van der Waals surface area contributed by atoms with Gasteiger partial charge >= 0.3 is 0 Å². The number of nitrogens with one attached hydrogen (secondary N) is 1. The Morgan fingerprint density at radius 1 is 1.50 bits per heavy atom. The van der Waals surface area contributed by atoms with Gasteiger partial charge in [0.25, 0.3) is 0 Å². The van der Waals surface area contributed by atoms with E-state index >= 15 is 0 Å². The van der Waals surface area contributed by atoms with Crippen LogP contribution in [0.25, 0.3) is 0 Å². The zero-order valence-corrected chi connectivity index (χ0v) is 7.94. The van der Waals surface area contributed by atoms with E-state index in [0.29, 0.717) is 11.5 Å². The summed E-state index contributed by atoms with van der Waals surface area (Å²) in [5, 5.41) is 3.37. The molecule has 0 saturated carbocycles. The van der Waals surface area contributed by atoms with Crippen molar-refractivity contribution in [2.24, 2.45) is 5.41 Å². The van der Waals surface area contributed by atoms with E-state index in [4.69, 9.17) is 4.74 Å². The summed E-state index contributed by atoms with van der Waals surface area (Å²) in [4.78, 5) is 0. The summed E-state index contributed by atoms with van der Waals surface area (Å²) in [7, 11) is 0. The Balaban J connectivity index is 1.83. The van der Waals surface area contributed by atoms with Crippen LogP contribution in [0.5, 0.6) is 0 Å². The summed E-state index contributed by atoms with van der Waals surface area (Å²) < 4.78 is 5.66. The van der Waals surface area contributed by atoms with E-state index < -0.39 is 0 Å². The normalized spacial score (nSPS) is 33.2. The summed E-state index contributed by atoms with van der Waals surface area (Å²) in [6.07, 6.45) is 5.74. The molecular formula is C10H19NO. The summed E-state index contributed by atoms with van der Waals surface area (Å²) in [6.45, 7) is 5.72. The van der Waals surface area contributed by atoms with Crippen molar-refractivity contribution in [3.8, 4) is 0 Å². The average molecular weight is 169 g/mol. The zero-order chi connectivity index (χ0) is 8.44. The molecule has 1 N–H and O–H groups in total. The van der Waals surface area contributed by atoms with Crippen molar-refractivity contribution in [1.29, 1.82) is 0 Å². The maximum atomic E-state index is 5.66. The van der Waals surface area contributed by atoms with Crippen molar-refractivity contribution in [1.82, 2.24) is 5.32 Å². The zero-order valence-electron chi connectivity index (χ0n) is 7.94. The van der Waals surface area contributed by atoms with Gasteiger partial charge in [-0.15, -0.1) is 0 Å². The minimum atomic E-state index is 0.576. The third-order valence-electron chi connectivity index (χ3n) is 3.43. The van der Waals surface area contributed by atoms with Gasteiger partial charge in [-0.25, -0.2) is 0 Å². The predicted molar refractivity (Wildman–Crippen MR) is 49.2 cm³/mol. The fourth-order valence-corrected chi connectivity index (χ4v) is 2.31. The van der Waals surface area contributed by atoms with E-state index in [1.165, 1.54) is 38.8 Å². The monoisotopic (exact) mass is 169 g/mol. The number of hydrogen-bond acceptors (Lipinski definition) is 2. The third-order valence-corrected chi connectivity index (χ3v) is 3.43. The van der Waals surface area contributed by atoms with Crippen LogP contribution < -0.4 is 5.32 Å². The van der Waals surface area contributed by atoms with Crippen molar-refractivity contribution >= 4 is 0 Å². The molecule has 0 bridgehead atoms. The van der Waals surface area contributed by atoms with Crippen LogP contribution in [0.3, 0.4) is 0 Å². The fourth-order valence-electron chi connectivity index (χ4n) is 2.31. The standard InChI is InChI=1S/C10H19NO/c1-2-10(7-11-8-10)6-9-4-3-5-12-9/h9,11H,2-8H2,1H3. The van der Waals surface area contributed by atoms with E-state index in [-0.39, 0.29) is 0 Å². The van der Waals surface area contributed by atoms with Crippen LogP contribution in [0.2, 0.25) is 0 Å². The van der Waals surface area contributed by atoms with Crippen LogP contribution in [0.1, 0.15) is 32.6 Å². The van der Waals surface area contributed by atoms with Gasteiger partial charge in [-0.1, -0.05) is 6.92 Å². The lowest BCUT2D eigenvalue weighted by Gasteiger charge is -2.43. The van der Waals surface area contributed by atoms with E-state index in [9.17, 15) is 0 Å². The van der Waals surface area contributed by atoms with Gasteiger partial charge < -0.3 is 10.1 Å². The molecule has 2 aliphatic rings. The highest BCUT2D eigenvalue weighted by Crippen LogP contribution is 2.35. The SMILES string of the molecule is CCC1(CC2CCCO2)CNC1. The second-order valence-corrected chi connectivity index (χ2v) is 4.30. The van der Waals surface area contributed by atoms with Crippen LogP contribution in [-0.2, 0) is 4.74 Å². The minimum Gasteiger partial charge on any atom is -0.378 e. The Morgan fingerprint density at radius 2 is 2.33 bits per heavy atom. The lowest BCUT2D eigenvalue weighted by atomic mass is 9.74. The summed E-state index contributed by atoms with van der Waals surface area (Å²) >= 11 is 0. The molecule has 0 aromatic carbocycles. The molecule has 2 aliphatic heterocycles. The van der Waals surface area contributed by atoms with E-state index in [0.717, 1.165) is 6.61 Å². The number of rotatable bonds is 3. The molecule has 2 heteroatoms. The highest BCUT2D eigenvalue weighted by Gasteiger charge is 2.38. The first-order valence-corrected chi connectivity index (χ1v) is 5.17. The van der Waals surface area contributed by atoms with Crippen molar-refractivity contribution in [3.05, 3.63) is 0 Å². The molecule has 2 heterocycles. The Morgan fingerprint density at radius 3 is 2.75 bits per heavy atom. The summed E-state index contributed by atoms with van der Waals surface area (Å²) in [6, 6.07) is 0. The minimum absolute atomic E-state index is 0.576. The first-order valence-electron chi connectivity index (χ1n) is 5.17. The van der Waals surface area contributed by atoms with Crippen LogP contribution in [-0.4, -0.2) is 25.8 Å². The van der Waals surface area contributed by atoms with Crippen molar-refractivity contribution in [2.45, 2.75) is 38.7 Å². The molecule has 70 valence electrons. The molecule has 2 fully saturated rings. The second kappa shape index (κ2) is 3.35. The van der Waals surface area contributed by atoms with Crippen LogP contribution >= 0.6 is 0 Å². The van der Waals surface area contributed by atoms with E-state index in [2.05, 4.69) is 12.2 Å². The molecule has 2 saturated heterocycles. The summed E-state index contributed by atoms with van der Waals surface area (Å²) in [5.74, 6) is 0. The third kappa shape index (κ3) is 1.50. The molecule has 1 unspecified atom stereocenters. The second-order valence-electron chi connectivity index (χ2n) is 4.30. The highest BCUT2D eigenvalue weighted by molar-refractivity contribution is 4.93. The molecule has 0 spiro atoms. The highest BCUT2D eigenvalue weighted by atomic mass is 16.5. The molecule has 2 nitrogen and oxygen atoms in total. The van der Waals surface area contributed by atoms with Crippen LogP contribution in [0.4, 0.5) is 0 Å². The maximum absolute atomic E-state index is 5.66. The molecule has 0 radical (unpaired) electrons. The number of ether oxygens (including phenoxy) is 1. The predicted octanol–water partition coefficient (Wildman–Crippen LogP) is 1.56. The molecule has 1 atom stereocenters. The molecule has 2 rings (SSSR count). The van der Waals surface area contributed by atoms with Crippen molar-refractivity contribution in [2.75, 3.05) is 19.7 Å². The average Bonchev–Trinajstić information content (AvgIpc) is 2.49. The van der Waals surface area contributed by atoms with Gasteiger partial charge in [-0.05, 0) is 31.1 Å². The lowest BCUT2D eigenvalue weighted by molar-refractivity contribution is 0.0336. The largest absolute Gasteiger partial charge is 0.378 e. The van der Waals surface area contributed by atoms with Crippen LogP contribution in [0, 0.1) is 5.41 Å². The smallest absolute Gasteiger partial charge is 0.0582 e. The fraction of sp³-hybridized carbons (Fsp3) is 1.00. The van der Waals surface area contributed by atoms with Gasteiger partial charge in [0.05, 0.1) is 6.10 Å². The molecular weight excluding hydrogens is 150 g/mol. The Kier molecular flexibility index (Phi) is 2.37. The Hall–Kier alpha value is -0.0800. The topological polar surface area (TPSA) is 21.3 Å². The van der Waals surface area contributed by atoms with Crippen molar-refractivity contribution < 1.29 is 4.74 Å². The molecule has 0 aromatic heterocycles. The quantitative estimate of drug-likeness (QED) is 0.692. The molecule has 0 aromatic rings. The van der Waals surface area contributed by atoms with E-state index in [1.807, 2.05) is 0 Å². The van der Waals surface area contributed by atoms with Crippen LogP contribution in [0.15, 0.2) is 0 Å².